The Balaban J connectivity index is 1.76. The van der Waals surface area contributed by atoms with Gasteiger partial charge >= 0.3 is 0 Å². The van der Waals surface area contributed by atoms with Crippen molar-refractivity contribution in [1.29, 1.82) is 0 Å². The quantitative estimate of drug-likeness (QED) is 0.450. The van der Waals surface area contributed by atoms with Crippen molar-refractivity contribution < 1.29 is 13.2 Å². The summed E-state index contributed by atoms with van der Waals surface area (Å²) in [6, 6.07) is 14.8. The molecule has 1 fully saturated rings. The molecule has 8 heteroatoms. The number of aryl methyl sites for hydroxylation is 2. The highest BCUT2D eigenvalue weighted by atomic mass is 32.2. The summed E-state index contributed by atoms with van der Waals surface area (Å²) in [7, 11) is -3.74. The van der Waals surface area contributed by atoms with Gasteiger partial charge in [-0.2, -0.15) is 0 Å². The molecule has 0 bridgehead atoms. The van der Waals surface area contributed by atoms with Gasteiger partial charge in [0, 0.05) is 18.2 Å². The van der Waals surface area contributed by atoms with Crippen LogP contribution in [0.3, 0.4) is 0 Å². The van der Waals surface area contributed by atoms with Gasteiger partial charge in [-0.05, 0) is 71.2 Å². The fourth-order valence-corrected chi connectivity index (χ4v) is 6.87. The molecule has 3 aromatic rings. The van der Waals surface area contributed by atoms with Crippen molar-refractivity contribution in [2.45, 2.75) is 70.6 Å². The number of thiazole rings is 1. The van der Waals surface area contributed by atoms with Gasteiger partial charge in [-0.3, -0.25) is 4.72 Å². The Morgan fingerprint density at radius 3 is 2.32 bits per heavy atom. The molecule has 1 aliphatic rings. The van der Waals surface area contributed by atoms with Crippen molar-refractivity contribution in [3.8, 4) is 11.3 Å². The lowest BCUT2D eigenvalue weighted by Gasteiger charge is -2.26. The molecule has 2 atom stereocenters. The zero-order valence-corrected chi connectivity index (χ0v) is 22.3. The smallest absolute Gasteiger partial charge is 0.263 e. The number of sulfonamides is 1. The van der Waals surface area contributed by atoms with Crippen LogP contribution in [0.25, 0.3) is 11.3 Å². The van der Waals surface area contributed by atoms with Crippen LogP contribution in [-0.4, -0.2) is 37.7 Å². The summed E-state index contributed by atoms with van der Waals surface area (Å²) in [5, 5.41) is 1.33. The van der Waals surface area contributed by atoms with Crippen LogP contribution in [0.2, 0.25) is 0 Å². The normalized spacial score (nSPS) is 18.9. The van der Waals surface area contributed by atoms with E-state index in [2.05, 4.69) is 63.3 Å². The molecule has 1 aliphatic heterocycles. The second kappa shape index (κ2) is 9.32. The lowest BCUT2D eigenvalue weighted by atomic mass is 10.00. The van der Waals surface area contributed by atoms with Crippen molar-refractivity contribution in [3.05, 3.63) is 59.7 Å². The van der Waals surface area contributed by atoms with Crippen LogP contribution in [-0.2, 0) is 14.8 Å². The summed E-state index contributed by atoms with van der Waals surface area (Å²) in [6.07, 6.45) is 1.01. The van der Waals surface area contributed by atoms with Gasteiger partial charge in [-0.25, -0.2) is 13.4 Å². The van der Waals surface area contributed by atoms with E-state index in [0.717, 1.165) is 40.4 Å². The summed E-state index contributed by atoms with van der Waals surface area (Å²) in [5.41, 5.74) is 3.86. The van der Waals surface area contributed by atoms with Crippen molar-refractivity contribution in [3.63, 3.8) is 0 Å². The predicted octanol–water partition coefficient (Wildman–Crippen LogP) is 6.01. The van der Waals surface area contributed by atoms with Gasteiger partial charge in [0.15, 0.2) is 5.13 Å². The fraction of sp³-hybridized carbons (Fsp3) is 0.423. The maximum atomic E-state index is 13.0. The summed E-state index contributed by atoms with van der Waals surface area (Å²) in [6.45, 7) is 13.3. The molecular weight excluding hydrogens is 466 g/mol. The summed E-state index contributed by atoms with van der Waals surface area (Å²) in [5.74, 6) is 0. The van der Waals surface area contributed by atoms with E-state index in [0.29, 0.717) is 5.13 Å². The highest BCUT2D eigenvalue weighted by Gasteiger charge is 2.36. The van der Waals surface area contributed by atoms with E-state index in [-0.39, 0.29) is 22.6 Å². The number of nitrogens with zero attached hydrogens (tertiary/aromatic N) is 2. The van der Waals surface area contributed by atoms with Crippen LogP contribution in [0.5, 0.6) is 0 Å². The van der Waals surface area contributed by atoms with Crippen LogP contribution < -0.4 is 9.62 Å². The number of anilines is 2. The molecule has 0 amide bonds. The van der Waals surface area contributed by atoms with Crippen molar-refractivity contribution in [2.75, 3.05) is 16.2 Å². The fourth-order valence-electron chi connectivity index (χ4n) is 4.52. The van der Waals surface area contributed by atoms with Crippen LogP contribution >= 0.6 is 11.3 Å². The monoisotopic (exact) mass is 499 g/mol. The molecule has 0 spiro atoms. The molecule has 34 heavy (non-hydrogen) atoms. The van der Waals surface area contributed by atoms with Crippen LogP contribution in [0.1, 0.15) is 45.2 Å². The average molecular weight is 500 g/mol. The number of nitrogens with one attached hydrogen (secondary N) is 1. The van der Waals surface area contributed by atoms with E-state index in [1.54, 1.807) is 30.3 Å². The number of rotatable bonds is 6. The van der Waals surface area contributed by atoms with Gasteiger partial charge < -0.3 is 9.64 Å². The van der Waals surface area contributed by atoms with Crippen molar-refractivity contribution in [1.82, 2.24) is 4.98 Å². The number of hydrogen-bond acceptors (Lipinski definition) is 6. The Morgan fingerprint density at radius 2 is 1.71 bits per heavy atom. The average Bonchev–Trinajstić information content (AvgIpc) is 3.29. The second-order valence-corrected chi connectivity index (χ2v) is 12.6. The van der Waals surface area contributed by atoms with E-state index in [1.165, 1.54) is 11.3 Å². The molecule has 0 aliphatic carbocycles. The summed E-state index contributed by atoms with van der Waals surface area (Å²) < 4.78 is 35.0. The molecule has 6 nitrogen and oxygen atoms in total. The molecule has 2 heterocycles. The molecule has 4 rings (SSSR count). The number of benzene rings is 2. The predicted molar refractivity (Wildman–Crippen MR) is 140 cm³/mol. The van der Waals surface area contributed by atoms with Crippen molar-refractivity contribution >= 4 is 31.5 Å². The minimum atomic E-state index is -3.74. The van der Waals surface area contributed by atoms with E-state index < -0.39 is 10.0 Å². The maximum Gasteiger partial charge on any atom is 0.263 e. The van der Waals surface area contributed by atoms with Crippen LogP contribution in [0.15, 0.2) is 53.4 Å². The molecule has 2 aromatic carbocycles. The first-order chi connectivity index (χ1) is 15.9. The van der Waals surface area contributed by atoms with Gasteiger partial charge in [0.1, 0.15) is 10.7 Å². The van der Waals surface area contributed by atoms with E-state index in [9.17, 15) is 8.42 Å². The van der Waals surface area contributed by atoms with E-state index >= 15 is 0 Å². The minimum absolute atomic E-state index is 0.104. The Labute approximate surface area is 207 Å². The molecule has 1 N–H and O–H groups in total. The van der Waals surface area contributed by atoms with Gasteiger partial charge in [0.05, 0.1) is 16.6 Å². The van der Waals surface area contributed by atoms with Gasteiger partial charge in [0.2, 0.25) is 0 Å². The number of ether oxygens (including phenoxy) is 1. The molecule has 1 aromatic heterocycles. The largest absolute Gasteiger partial charge is 0.371 e. The number of hydrogen-bond donors (Lipinski definition) is 1. The highest BCUT2D eigenvalue weighted by Crippen LogP contribution is 2.44. The zero-order valence-electron chi connectivity index (χ0n) is 20.6. The number of aromatic nitrogens is 1. The lowest BCUT2D eigenvalue weighted by molar-refractivity contribution is -0.0501. The highest BCUT2D eigenvalue weighted by molar-refractivity contribution is 7.93. The third-order valence-electron chi connectivity index (χ3n) is 5.92. The molecule has 0 unspecified atom stereocenters. The molecule has 1 saturated heterocycles. The summed E-state index contributed by atoms with van der Waals surface area (Å²) >= 11 is 1.38. The van der Waals surface area contributed by atoms with E-state index in [4.69, 9.17) is 9.72 Å². The summed E-state index contributed by atoms with van der Waals surface area (Å²) in [4.78, 5) is 7.37. The van der Waals surface area contributed by atoms with E-state index in [1.807, 2.05) is 6.07 Å². The molecule has 0 radical (unpaired) electrons. The van der Waals surface area contributed by atoms with Gasteiger partial charge in [-0.15, -0.1) is 0 Å². The Kier molecular flexibility index (Phi) is 6.77. The minimum Gasteiger partial charge on any atom is -0.371 e. The lowest BCUT2D eigenvalue weighted by Crippen LogP contribution is -2.31. The SMILES string of the molecule is Cc1cccc(C)c1-c1nc(NS(=O)(=O)c2ccccc2)sc1N1C[C@H](OC(C)(C)C)C[C@H]1C. The van der Waals surface area contributed by atoms with Gasteiger partial charge in [0.25, 0.3) is 10.0 Å². The van der Waals surface area contributed by atoms with Crippen LogP contribution in [0.4, 0.5) is 10.1 Å². The second-order valence-electron chi connectivity index (χ2n) is 9.95. The van der Waals surface area contributed by atoms with Crippen LogP contribution in [0, 0.1) is 13.8 Å². The van der Waals surface area contributed by atoms with Crippen molar-refractivity contribution in [2.24, 2.45) is 0 Å². The standard InChI is InChI=1S/C26H33N3O3S2/c1-17-11-10-12-18(2)22(17)23-24(29-16-20(15-19(29)3)32-26(4,5)6)33-25(27-23)28-34(30,31)21-13-8-7-9-14-21/h7-14,19-20H,15-16H2,1-6H3,(H,27,28)/t19-,20-/m1/s1. The van der Waals surface area contributed by atoms with Gasteiger partial charge in [-0.1, -0.05) is 47.7 Å². The first-order valence-electron chi connectivity index (χ1n) is 11.5. The zero-order chi connectivity index (χ0) is 24.7. The molecular formula is C26H33N3O3S2. The topological polar surface area (TPSA) is 71.5 Å². The Bertz CT molecular complexity index is 1240. The molecule has 0 saturated carbocycles. The third kappa shape index (κ3) is 5.29. The maximum absolute atomic E-state index is 13.0. The Morgan fingerprint density at radius 1 is 1.06 bits per heavy atom. The third-order valence-corrected chi connectivity index (χ3v) is 8.41. The molecule has 182 valence electrons. The Hall–Kier alpha value is -2.42. The first kappa shape index (κ1) is 24.7. The first-order valence-corrected chi connectivity index (χ1v) is 13.8.